The lowest BCUT2D eigenvalue weighted by molar-refractivity contribution is -0.108. The molecule has 0 amide bonds. The highest BCUT2D eigenvalue weighted by molar-refractivity contribution is 8.01. The van der Waals surface area contributed by atoms with E-state index in [4.69, 9.17) is 0 Å². The van der Waals surface area contributed by atoms with Crippen molar-refractivity contribution in [1.29, 1.82) is 0 Å². The molecule has 0 aromatic heterocycles. The number of aldehydes is 1. The van der Waals surface area contributed by atoms with E-state index in [0.29, 0.717) is 0 Å². The van der Waals surface area contributed by atoms with Crippen molar-refractivity contribution in [2.45, 2.75) is 6.04 Å². The van der Waals surface area contributed by atoms with Crippen LogP contribution in [-0.2, 0) is 4.79 Å². The number of hydrogen-bond acceptors (Lipinski definition) is 3. The number of nitrogens with one attached hydrogen (secondary N) is 1. The van der Waals surface area contributed by atoms with E-state index >= 15 is 0 Å². The van der Waals surface area contributed by atoms with Crippen molar-refractivity contribution < 1.29 is 4.79 Å². The highest BCUT2D eigenvalue weighted by atomic mass is 32.2. The van der Waals surface area contributed by atoms with Gasteiger partial charge in [-0.2, -0.15) is 0 Å². The smallest absolute Gasteiger partial charge is 0.137 e. The molecule has 7 heavy (non-hydrogen) atoms. The lowest BCUT2D eigenvalue weighted by atomic mass is 10.4. The molecule has 1 radical (unpaired) electrons. The molecule has 1 aliphatic heterocycles. The average Bonchev–Trinajstić information content (AvgIpc) is 2.14. The van der Waals surface area contributed by atoms with Crippen molar-refractivity contribution in [3.8, 4) is 0 Å². The molecule has 1 atom stereocenters. The maximum atomic E-state index is 9.91. The molecule has 0 aliphatic carbocycles. The van der Waals surface area contributed by atoms with Crippen LogP contribution in [0.25, 0.3) is 0 Å². The van der Waals surface area contributed by atoms with Crippen LogP contribution in [0.1, 0.15) is 0 Å². The van der Waals surface area contributed by atoms with E-state index in [1.807, 2.05) is 5.88 Å². The minimum Gasteiger partial charge on any atom is -0.302 e. The SMILES string of the molecule is O=CC1CS[CH]N1. The van der Waals surface area contributed by atoms with Crippen LogP contribution in [0.5, 0.6) is 0 Å². The van der Waals surface area contributed by atoms with Gasteiger partial charge in [0.15, 0.2) is 0 Å². The molecule has 0 bridgehead atoms. The Kier molecular flexibility index (Phi) is 1.70. The second kappa shape index (κ2) is 2.33. The van der Waals surface area contributed by atoms with E-state index in [1.165, 1.54) is 0 Å². The van der Waals surface area contributed by atoms with Crippen molar-refractivity contribution in [2.75, 3.05) is 5.75 Å². The number of rotatable bonds is 1. The van der Waals surface area contributed by atoms with Gasteiger partial charge in [0.2, 0.25) is 0 Å². The van der Waals surface area contributed by atoms with Gasteiger partial charge in [0.1, 0.15) is 6.29 Å². The largest absolute Gasteiger partial charge is 0.302 e. The highest BCUT2D eigenvalue weighted by Gasteiger charge is 2.11. The normalized spacial score (nSPS) is 30.6. The Bertz CT molecular complexity index is 70.1. The van der Waals surface area contributed by atoms with Crippen LogP contribution in [0, 0.1) is 5.88 Å². The molecule has 1 unspecified atom stereocenters. The third kappa shape index (κ3) is 1.17. The average molecular weight is 116 g/mol. The highest BCUT2D eigenvalue weighted by Crippen LogP contribution is 2.11. The molecule has 0 saturated carbocycles. The maximum Gasteiger partial charge on any atom is 0.137 e. The Balaban J connectivity index is 2.26. The quantitative estimate of drug-likeness (QED) is 0.489. The third-order valence-electron chi connectivity index (χ3n) is 0.806. The van der Waals surface area contributed by atoms with Gasteiger partial charge in [-0.05, 0) is 0 Å². The van der Waals surface area contributed by atoms with Gasteiger partial charge in [0.05, 0.1) is 11.9 Å². The zero-order chi connectivity index (χ0) is 5.11. The van der Waals surface area contributed by atoms with E-state index in [1.54, 1.807) is 11.8 Å². The fraction of sp³-hybridized carbons (Fsp3) is 0.500. The topological polar surface area (TPSA) is 29.1 Å². The minimum atomic E-state index is 0.0741. The molecule has 0 aromatic rings. The number of carbonyl (C=O) groups is 1. The number of carbonyl (C=O) groups excluding carboxylic acids is 1. The zero-order valence-corrected chi connectivity index (χ0v) is 4.57. The van der Waals surface area contributed by atoms with Gasteiger partial charge in [-0.1, -0.05) is 0 Å². The van der Waals surface area contributed by atoms with Crippen LogP contribution in [0.4, 0.5) is 0 Å². The van der Waals surface area contributed by atoms with Gasteiger partial charge in [-0.25, -0.2) is 0 Å². The molecule has 3 heteroatoms. The second-order valence-corrected chi connectivity index (χ2v) is 2.26. The van der Waals surface area contributed by atoms with Gasteiger partial charge >= 0.3 is 0 Å². The Morgan fingerprint density at radius 2 is 2.86 bits per heavy atom. The first kappa shape index (κ1) is 5.12. The van der Waals surface area contributed by atoms with Gasteiger partial charge < -0.3 is 4.79 Å². The first-order valence-corrected chi connectivity index (χ1v) is 3.13. The van der Waals surface area contributed by atoms with Gasteiger partial charge in [0, 0.05) is 5.75 Å². The predicted molar refractivity (Wildman–Crippen MR) is 29.7 cm³/mol. The summed E-state index contributed by atoms with van der Waals surface area (Å²) in [5, 5.41) is 2.88. The van der Waals surface area contributed by atoms with Crippen LogP contribution in [-0.4, -0.2) is 18.1 Å². The van der Waals surface area contributed by atoms with Crippen molar-refractivity contribution in [3.05, 3.63) is 5.88 Å². The monoisotopic (exact) mass is 116 g/mol. The van der Waals surface area contributed by atoms with Gasteiger partial charge in [0.25, 0.3) is 0 Å². The fourth-order valence-corrected chi connectivity index (χ4v) is 1.16. The van der Waals surface area contributed by atoms with E-state index in [0.717, 1.165) is 12.0 Å². The minimum absolute atomic E-state index is 0.0741. The van der Waals surface area contributed by atoms with Crippen LogP contribution in [0.2, 0.25) is 0 Å². The Morgan fingerprint density at radius 3 is 3.14 bits per heavy atom. The summed E-state index contributed by atoms with van der Waals surface area (Å²) in [6.07, 6.45) is 0.927. The summed E-state index contributed by atoms with van der Waals surface area (Å²) in [6, 6.07) is 0.0741. The second-order valence-electron chi connectivity index (χ2n) is 1.36. The Morgan fingerprint density at radius 1 is 2.00 bits per heavy atom. The molecule has 1 heterocycles. The van der Waals surface area contributed by atoms with Crippen LogP contribution < -0.4 is 5.32 Å². The summed E-state index contributed by atoms with van der Waals surface area (Å²) in [7, 11) is 0. The van der Waals surface area contributed by atoms with E-state index < -0.39 is 0 Å². The van der Waals surface area contributed by atoms with Gasteiger partial charge in [-0.15, -0.1) is 11.8 Å². The van der Waals surface area contributed by atoms with E-state index in [-0.39, 0.29) is 6.04 Å². The van der Waals surface area contributed by atoms with Crippen LogP contribution in [0.15, 0.2) is 0 Å². The molecule has 1 fully saturated rings. The summed E-state index contributed by atoms with van der Waals surface area (Å²) in [6.45, 7) is 0. The van der Waals surface area contributed by atoms with Crippen molar-refractivity contribution in [2.24, 2.45) is 0 Å². The first-order valence-electron chi connectivity index (χ1n) is 2.08. The zero-order valence-electron chi connectivity index (χ0n) is 3.76. The third-order valence-corrected chi connectivity index (χ3v) is 1.66. The van der Waals surface area contributed by atoms with Crippen molar-refractivity contribution >= 4 is 18.0 Å². The maximum absolute atomic E-state index is 9.91. The van der Waals surface area contributed by atoms with Crippen LogP contribution >= 0.6 is 11.8 Å². The summed E-state index contributed by atoms with van der Waals surface area (Å²) >= 11 is 1.64. The number of thioether (sulfide) groups is 1. The molecule has 0 spiro atoms. The molecule has 1 N–H and O–H groups in total. The molecule has 39 valence electrons. The molecular formula is C4H6NOS. The molecular weight excluding hydrogens is 110 g/mol. The predicted octanol–water partition coefficient (Wildman–Crippen LogP) is 0.00959. The van der Waals surface area contributed by atoms with E-state index in [2.05, 4.69) is 5.32 Å². The molecule has 2 nitrogen and oxygen atoms in total. The molecule has 1 aliphatic rings. The molecule has 1 rings (SSSR count). The lowest BCUT2D eigenvalue weighted by Crippen LogP contribution is -2.22. The Hall–Kier alpha value is -0.0200. The summed E-state index contributed by atoms with van der Waals surface area (Å²) in [5.41, 5.74) is 0. The van der Waals surface area contributed by atoms with Crippen LogP contribution in [0.3, 0.4) is 0 Å². The lowest BCUT2D eigenvalue weighted by Gasteiger charge is -1.92. The summed E-state index contributed by atoms with van der Waals surface area (Å²) < 4.78 is 0. The first-order chi connectivity index (χ1) is 3.43. The Labute approximate surface area is 46.7 Å². The van der Waals surface area contributed by atoms with Crippen molar-refractivity contribution in [3.63, 3.8) is 0 Å². The van der Waals surface area contributed by atoms with E-state index in [9.17, 15) is 4.79 Å². The molecule has 1 saturated heterocycles. The summed E-state index contributed by atoms with van der Waals surface area (Å²) in [5.74, 6) is 2.74. The summed E-state index contributed by atoms with van der Waals surface area (Å²) in [4.78, 5) is 9.91. The van der Waals surface area contributed by atoms with Gasteiger partial charge in [-0.3, -0.25) is 5.32 Å². The standard InChI is InChI=1S/C4H6NOS/c6-1-4-2-7-3-5-4/h1,3-5H,2H2. The number of hydrogen-bond donors (Lipinski definition) is 1. The molecule has 0 aromatic carbocycles. The van der Waals surface area contributed by atoms with Crippen molar-refractivity contribution in [1.82, 2.24) is 5.32 Å². The fourth-order valence-electron chi connectivity index (χ4n) is 0.414.